The maximum atomic E-state index is 12.2. The van der Waals surface area contributed by atoms with Gasteiger partial charge in [-0.2, -0.15) is 13.2 Å². The molecule has 8 heteroatoms. The van der Waals surface area contributed by atoms with E-state index in [-0.39, 0.29) is 13.0 Å². The zero-order valence-corrected chi connectivity index (χ0v) is 10.0. The molecule has 1 rings (SSSR count). The number of amides is 1. The van der Waals surface area contributed by atoms with E-state index in [0.29, 0.717) is 0 Å². The summed E-state index contributed by atoms with van der Waals surface area (Å²) < 4.78 is 46.8. The van der Waals surface area contributed by atoms with Crippen molar-refractivity contribution in [2.75, 3.05) is 6.61 Å². The van der Waals surface area contributed by atoms with Crippen LogP contribution in [0.5, 0.6) is 0 Å². The van der Waals surface area contributed by atoms with Crippen molar-refractivity contribution in [3.63, 3.8) is 0 Å². The quantitative estimate of drug-likeness (QED) is 0.787. The standard InChI is InChI=1S/C10H16F3NO4/c1-3-17-8-5(2)18-7(15)4-6(8)14-9(16)10(11,12)13/h5-8,15H,3-4H2,1-2H3,(H,14,16)/t5-,6-,7?,8+/m0/s1. The van der Waals surface area contributed by atoms with Crippen LogP contribution in [0.15, 0.2) is 0 Å². The highest BCUT2D eigenvalue weighted by Gasteiger charge is 2.44. The Bertz CT molecular complexity index is 297. The van der Waals surface area contributed by atoms with Crippen molar-refractivity contribution in [2.24, 2.45) is 0 Å². The lowest BCUT2D eigenvalue weighted by atomic mass is 9.99. The molecule has 0 aromatic rings. The number of rotatable bonds is 3. The van der Waals surface area contributed by atoms with Gasteiger partial charge in [-0.05, 0) is 13.8 Å². The number of carbonyl (C=O) groups is 1. The Kier molecular flexibility index (Phi) is 4.94. The second-order valence-corrected chi connectivity index (χ2v) is 4.03. The third kappa shape index (κ3) is 3.82. The molecule has 0 spiro atoms. The summed E-state index contributed by atoms with van der Waals surface area (Å²) in [6.45, 7) is 3.52. The normalized spacial score (nSPS) is 33.2. The van der Waals surface area contributed by atoms with Crippen LogP contribution in [0.2, 0.25) is 0 Å². The molecule has 0 aliphatic carbocycles. The van der Waals surface area contributed by atoms with E-state index in [2.05, 4.69) is 0 Å². The highest BCUT2D eigenvalue weighted by molar-refractivity contribution is 5.82. The Balaban J connectivity index is 2.72. The number of halogens is 3. The van der Waals surface area contributed by atoms with Crippen LogP contribution < -0.4 is 5.32 Å². The molecule has 1 aliphatic rings. The molecular formula is C10H16F3NO4. The van der Waals surface area contributed by atoms with E-state index in [1.165, 1.54) is 0 Å². The first kappa shape index (κ1) is 15.2. The molecule has 106 valence electrons. The Labute approximate surface area is 102 Å². The van der Waals surface area contributed by atoms with Crippen molar-refractivity contribution in [3.05, 3.63) is 0 Å². The molecule has 1 saturated heterocycles. The molecule has 1 amide bonds. The summed E-state index contributed by atoms with van der Waals surface area (Å²) in [6, 6.07) is -0.933. The molecule has 1 fully saturated rings. The summed E-state index contributed by atoms with van der Waals surface area (Å²) >= 11 is 0. The Morgan fingerprint density at radius 3 is 2.67 bits per heavy atom. The first-order valence-electron chi connectivity index (χ1n) is 5.58. The number of carbonyl (C=O) groups excluding carboxylic acids is 1. The van der Waals surface area contributed by atoms with Crippen LogP contribution in [0.25, 0.3) is 0 Å². The lowest BCUT2D eigenvalue weighted by molar-refractivity contribution is -0.216. The molecule has 2 N–H and O–H groups in total. The van der Waals surface area contributed by atoms with Crippen LogP contribution in [-0.4, -0.2) is 48.3 Å². The molecular weight excluding hydrogens is 255 g/mol. The molecule has 0 saturated carbocycles. The van der Waals surface area contributed by atoms with Crippen molar-refractivity contribution in [1.29, 1.82) is 0 Å². The summed E-state index contributed by atoms with van der Waals surface area (Å²) in [5.74, 6) is -2.04. The minimum Gasteiger partial charge on any atom is -0.374 e. The summed E-state index contributed by atoms with van der Waals surface area (Å²) in [7, 11) is 0. The van der Waals surface area contributed by atoms with Gasteiger partial charge in [0.05, 0.1) is 12.1 Å². The number of aliphatic hydroxyl groups excluding tert-OH is 1. The van der Waals surface area contributed by atoms with E-state index in [1.54, 1.807) is 13.8 Å². The van der Waals surface area contributed by atoms with Crippen LogP contribution in [0, 0.1) is 0 Å². The van der Waals surface area contributed by atoms with Gasteiger partial charge in [0.25, 0.3) is 0 Å². The van der Waals surface area contributed by atoms with Gasteiger partial charge in [-0.25, -0.2) is 0 Å². The van der Waals surface area contributed by atoms with Crippen LogP contribution >= 0.6 is 0 Å². The maximum Gasteiger partial charge on any atom is 0.471 e. The smallest absolute Gasteiger partial charge is 0.374 e. The summed E-state index contributed by atoms with van der Waals surface area (Å²) in [5.41, 5.74) is 0. The van der Waals surface area contributed by atoms with Gasteiger partial charge in [-0.15, -0.1) is 0 Å². The maximum absolute atomic E-state index is 12.2. The number of ether oxygens (including phenoxy) is 2. The van der Waals surface area contributed by atoms with E-state index < -0.39 is 36.6 Å². The van der Waals surface area contributed by atoms with Crippen LogP contribution in [0.4, 0.5) is 13.2 Å². The fourth-order valence-corrected chi connectivity index (χ4v) is 1.89. The topological polar surface area (TPSA) is 67.8 Å². The molecule has 18 heavy (non-hydrogen) atoms. The minimum absolute atomic E-state index is 0.142. The highest BCUT2D eigenvalue weighted by atomic mass is 19.4. The number of nitrogens with one attached hydrogen (secondary N) is 1. The molecule has 5 nitrogen and oxygen atoms in total. The Hall–Kier alpha value is -0.860. The zero-order valence-electron chi connectivity index (χ0n) is 10.0. The average molecular weight is 271 g/mol. The number of hydrogen-bond donors (Lipinski definition) is 2. The second-order valence-electron chi connectivity index (χ2n) is 4.03. The summed E-state index contributed by atoms with van der Waals surface area (Å²) in [4.78, 5) is 10.9. The molecule has 0 radical (unpaired) electrons. The van der Waals surface area contributed by atoms with Crippen LogP contribution in [-0.2, 0) is 14.3 Å². The van der Waals surface area contributed by atoms with Crippen molar-refractivity contribution < 1.29 is 32.5 Å². The largest absolute Gasteiger partial charge is 0.471 e. The zero-order chi connectivity index (χ0) is 13.9. The van der Waals surface area contributed by atoms with E-state index in [4.69, 9.17) is 9.47 Å². The SMILES string of the molecule is CCO[C@H]1[C@@H](NC(=O)C(F)(F)F)CC(O)O[C@H]1C. The molecule has 1 aliphatic heterocycles. The van der Waals surface area contributed by atoms with Crippen LogP contribution in [0.1, 0.15) is 20.3 Å². The Morgan fingerprint density at radius 2 is 2.17 bits per heavy atom. The van der Waals surface area contributed by atoms with Gasteiger partial charge in [0, 0.05) is 13.0 Å². The van der Waals surface area contributed by atoms with E-state index in [0.717, 1.165) is 0 Å². The molecule has 1 heterocycles. The summed E-state index contributed by atoms with van der Waals surface area (Å²) in [6.07, 6.45) is -7.63. The van der Waals surface area contributed by atoms with E-state index in [1.807, 2.05) is 5.32 Å². The third-order valence-corrected chi connectivity index (χ3v) is 2.62. The van der Waals surface area contributed by atoms with Crippen molar-refractivity contribution in [2.45, 2.75) is 51.0 Å². The highest BCUT2D eigenvalue weighted by Crippen LogP contribution is 2.23. The molecule has 4 atom stereocenters. The average Bonchev–Trinajstić information content (AvgIpc) is 2.21. The van der Waals surface area contributed by atoms with Crippen LogP contribution in [0.3, 0.4) is 0 Å². The fraction of sp³-hybridized carbons (Fsp3) is 0.900. The van der Waals surface area contributed by atoms with Crippen molar-refractivity contribution in [1.82, 2.24) is 5.32 Å². The molecule has 1 unspecified atom stereocenters. The van der Waals surface area contributed by atoms with Gasteiger partial charge >= 0.3 is 12.1 Å². The molecule has 0 aromatic carbocycles. The van der Waals surface area contributed by atoms with Gasteiger partial charge in [-0.3, -0.25) is 4.79 Å². The van der Waals surface area contributed by atoms with Gasteiger partial charge in [0.15, 0.2) is 6.29 Å². The third-order valence-electron chi connectivity index (χ3n) is 2.62. The van der Waals surface area contributed by atoms with Crippen molar-refractivity contribution >= 4 is 5.91 Å². The predicted octanol–water partition coefficient (Wildman–Crippen LogP) is 0.566. The van der Waals surface area contributed by atoms with Crippen molar-refractivity contribution in [3.8, 4) is 0 Å². The molecule has 0 aromatic heterocycles. The van der Waals surface area contributed by atoms with Gasteiger partial charge in [0.1, 0.15) is 6.10 Å². The van der Waals surface area contributed by atoms with Gasteiger partial charge in [-0.1, -0.05) is 0 Å². The van der Waals surface area contributed by atoms with E-state index >= 15 is 0 Å². The predicted molar refractivity (Wildman–Crippen MR) is 54.6 cm³/mol. The number of hydrogen-bond acceptors (Lipinski definition) is 4. The second kappa shape index (κ2) is 5.85. The lowest BCUT2D eigenvalue weighted by Crippen LogP contribution is -2.57. The minimum atomic E-state index is -4.96. The number of alkyl halides is 3. The molecule has 0 bridgehead atoms. The van der Waals surface area contributed by atoms with E-state index in [9.17, 15) is 23.1 Å². The summed E-state index contributed by atoms with van der Waals surface area (Å²) in [5, 5.41) is 11.2. The monoisotopic (exact) mass is 271 g/mol. The first-order valence-corrected chi connectivity index (χ1v) is 5.58. The number of aliphatic hydroxyl groups is 1. The lowest BCUT2D eigenvalue weighted by Gasteiger charge is -2.38. The first-order chi connectivity index (χ1) is 8.25. The fourth-order valence-electron chi connectivity index (χ4n) is 1.89. The van der Waals surface area contributed by atoms with Gasteiger partial charge in [0.2, 0.25) is 0 Å². The Morgan fingerprint density at radius 1 is 1.56 bits per heavy atom. The van der Waals surface area contributed by atoms with Gasteiger partial charge < -0.3 is 19.9 Å².